The van der Waals surface area contributed by atoms with Crippen molar-refractivity contribution in [1.82, 2.24) is 9.88 Å². The van der Waals surface area contributed by atoms with E-state index in [2.05, 4.69) is 16.8 Å². The first kappa shape index (κ1) is 14.3. The molecule has 0 unspecified atom stereocenters. The second kappa shape index (κ2) is 6.02. The van der Waals surface area contributed by atoms with Crippen LogP contribution in [0.25, 0.3) is 0 Å². The smallest absolute Gasteiger partial charge is 0.228 e. The van der Waals surface area contributed by atoms with Crippen molar-refractivity contribution in [2.45, 2.75) is 19.8 Å². The van der Waals surface area contributed by atoms with Crippen LogP contribution in [0.4, 0.5) is 5.82 Å². The van der Waals surface area contributed by atoms with Crippen LogP contribution < -0.4 is 4.90 Å². The Labute approximate surface area is 125 Å². The molecule has 0 radical (unpaired) electrons. The minimum absolute atomic E-state index is 0.231. The average molecular weight is 289 g/mol. The van der Waals surface area contributed by atoms with Crippen LogP contribution in [-0.4, -0.2) is 55.2 Å². The van der Waals surface area contributed by atoms with Crippen molar-refractivity contribution < 1.29 is 9.53 Å². The molecule has 1 aromatic heterocycles. The molecule has 0 aliphatic carbocycles. The third kappa shape index (κ3) is 3.02. The second-order valence-electron chi connectivity index (χ2n) is 6.14. The van der Waals surface area contributed by atoms with Crippen LogP contribution in [0.1, 0.15) is 19.8 Å². The first-order valence-electron chi connectivity index (χ1n) is 7.72. The molecule has 2 aliphatic heterocycles. The van der Waals surface area contributed by atoms with Gasteiger partial charge >= 0.3 is 0 Å². The van der Waals surface area contributed by atoms with Crippen LogP contribution >= 0.6 is 0 Å². The van der Waals surface area contributed by atoms with Crippen molar-refractivity contribution in [3.05, 3.63) is 24.4 Å². The topological polar surface area (TPSA) is 45.7 Å². The van der Waals surface area contributed by atoms with Gasteiger partial charge in [0.25, 0.3) is 0 Å². The van der Waals surface area contributed by atoms with Crippen molar-refractivity contribution in [3.8, 4) is 0 Å². The molecule has 5 heteroatoms. The van der Waals surface area contributed by atoms with Gasteiger partial charge < -0.3 is 14.5 Å². The standard InChI is InChI=1S/C16H23N3O2/c1-16(5-12-21-13-6-16)15(20)19-10-8-18(9-11-19)14-4-2-3-7-17-14/h2-4,7H,5-6,8-13H2,1H3. The lowest BCUT2D eigenvalue weighted by atomic mass is 9.81. The molecule has 0 spiro atoms. The molecule has 3 rings (SSSR count). The third-order valence-electron chi connectivity index (χ3n) is 4.65. The van der Waals surface area contributed by atoms with Crippen molar-refractivity contribution in [3.63, 3.8) is 0 Å². The van der Waals surface area contributed by atoms with E-state index in [9.17, 15) is 4.79 Å². The van der Waals surface area contributed by atoms with E-state index in [0.717, 1.165) is 44.8 Å². The highest BCUT2D eigenvalue weighted by Gasteiger charge is 2.39. The van der Waals surface area contributed by atoms with Crippen molar-refractivity contribution in [1.29, 1.82) is 0 Å². The van der Waals surface area contributed by atoms with Gasteiger partial charge in [-0.3, -0.25) is 4.79 Å². The fraction of sp³-hybridized carbons (Fsp3) is 0.625. The summed E-state index contributed by atoms with van der Waals surface area (Å²) in [5, 5.41) is 0. The van der Waals surface area contributed by atoms with Crippen LogP contribution in [0.2, 0.25) is 0 Å². The molecule has 1 aromatic rings. The lowest BCUT2D eigenvalue weighted by Crippen LogP contribution is -2.53. The predicted octanol–water partition coefficient (Wildman–Crippen LogP) is 1.55. The maximum Gasteiger partial charge on any atom is 0.228 e. The summed E-state index contributed by atoms with van der Waals surface area (Å²) in [5.74, 6) is 1.30. The quantitative estimate of drug-likeness (QED) is 0.828. The van der Waals surface area contributed by atoms with Gasteiger partial charge in [0.1, 0.15) is 5.82 Å². The predicted molar refractivity (Wildman–Crippen MR) is 81.2 cm³/mol. The zero-order valence-electron chi connectivity index (χ0n) is 12.6. The summed E-state index contributed by atoms with van der Waals surface area (Å²) in [7, 11) is 0. The van der Waals surface area contributed by atoms with Crippen LogP contribution in [0.3, 0.4) is 0 Å². The van der Waals surface area contributed by atoms with E-state index < -0.39 is 0 Å². The maximum atomic E-state index is 12.8. The number of ether oxygens (including phenoxy) is 1. The van der Waals surface area contributed by atoms with Gasteiger partial charge in [0.2, 0.25) is 5.91 Å². The number of aromatic nitrogens is 1. The molecule has 5 nitrogen and oxygen atoms in total. The molecule has 1 amide bonds. The molecule has 2 aliphatic rings. The normalized spacial score (nSPS) is 22.1. The number of anilines is 1. The summed E-state index contributed by atoms with van der Waals surface area (Å²) in [6.45, 7) is 6.78. The molecule has 2 fully saturated rings. The molecule has 0 bridgehead atoms. The minimum Gasteiger partial charge on any atom is -0.381 e. The van der Waals surface area contributed by atoms with Gasteiger partial charge in [0.05, 0.1) is 5.41 Å². The van der Waals surface area contributed by atoms with E-state index in [4.69, 9.17) is 4.74 Å². The van der Waals surface area contributed by atoms with Gasteiger partial charge in [-0.25, -0.2) is 4.98 Å². The highest BCUT2D eigenvalue weighted by Crippen LogP contribution is 2.32. The molecule has 3 heterocycles. The summed E-state index contributed by atoms with van der Waals surface area (Å²) < 4.78 is 5.39. The molecule has 0 saturated carbocycles. The zero-order valence-corrected chi connectivity index (χ0v) is 12.6. The molecule has 0 atom stereocenters. The largest absolute Gasteiger partial charge is 0.381 e. The van der Waals surface area contributed by atoms with E-state index in [1.165, 1.54) is 0 Å². The molecule has 114 valence electrons. The maximum absolute atomic E-state index is 12.8. The van der Waals surface area contributed by atoms with E-state index in [1.807, 2.05) is 29.3 Å². The number of amides is 1. The number of piperazine rings is 1. The van der Waals surface area contributed by atoms with Crippen LogP contribution in [0.5, 0.6) is 0 Å². The summed E-state index contributed by atoms with van der Waals surface area (Å²) in [5.41, 5.74) is -0.231. The van der Waals surface area contributed by atoms with Crippen molar-refractivity contribution >= 4 is 11.7 Å². The number of carbonyl (C=O) groups excluding carboxylic acids is 1. The van der Waals surface area contributed by atoms with E-state index in [0.29, 0.717) is 19.1 Å². The van der Waals surface area contributed by atoms with Gasteiger partial charge in [-0.2, -0.15) is 0 Å². The highest BCUT2D eigenvalue weighted by molar-refractivity contribution is 5.82. The Hall–Kier alpha value is -1.62. The van der Waals surface area contributed by atoms with Crippen LogP contribution in [0.15, 0.2) is 24.4 Å². The Morgan fingerprint density at radius 3 is 2.52 bits per heavy atom. The van der Waals surface area contributed by atoms with Gasteiger partial charge in [-0.05, 0) is 25.0 Å². The molecular weight excluding hydrogens is 266 g/mol. The van der Waals surface area contributed by atoms with Crippen LogP contribution in [-0.2, 0) is 9.53 Å². The Bertz CT molecular complexity index is 478. The van der Waals surface area contributed by atoms with Crippen LogP contribution in [0, 0.1) is 5.41 Å². The summed E-state index contributed by atoms with van der Waals surface area (Å²) in [4.78, 5) is 21.4. The van der Waals surface area contributed by atoms with E-state index in [1.54, 1.807) is 0 Å². The fourth-order valence-electron chi connectivity index (χ4n) is 3.10. The summed E-state index contributed by atoms with van der Waals surface area (Å²) >= 11 is 0. The number of hydrogen-bond acceptors (Lipinski definition) is 4. The highest BCUT2D eigenvalue weighted by atomic mass is 16.5. The average Bonchev–Trinajstić information content (AvgIpc) is 2.56. The minimum atomic E-state index is -0.231. The lowest BCUT2D eigenvalue weighted by molar-refractivity contribution is -0.146. The first-order chi connectivity index (χ1) is 10.2. The molecule has 21 heavy (non-hydrogen) atoms. The Kier molecular flexibility index (Phi) is 4.10. The monoisotopic (exact) mass is 289 g/mol. The number of rotatable bonds is 2. The number of hydrogen-bond donors (Lipinski definition) is 0. The summed E-state index contributed by atoms with van der Waals surface area (Å²) in [6, 6.07) is 5.95. The van der Waals surface area contributed by atoms with Crippen molar-refractivity contribution in [2.75, 3.05) is 44.3 Å². The van der Waals surface area contributed by atoms with Gasteiger partial charge in [0.15, 0.2) is 0 Å². The molecule has 2 saturated heterocycles. The van der Waals surface area contributed by atoms with Gasteiger partial charge in [-0.15, -0.1) is 0 Å². The zero-order chi connectivity index (χ0) is 14.7. The lowest BCUT2D eigenvalue weighted by Gasteiger charge is -2.41. The third-order valence-corrected chi connectivity index (χ3v) is 4.65. The number of pyridine rings is 1. The van der Waals surface area contributed by atoms with Crippen molar-refractivity contribution in [2.24, 2.45) is 5.41 Å². The number of carbonyl (C=O) groups is 1. The Morgan fingerprint density at radius 2 is 1.90 bits per heavy atom. The Balaban J connectivity index is 1.59. The first-order valence-corrected chi connectivity index (χ1v) is 7.72. The number of nitrogens with zero attached hydrogens (tertiary/aromatic N) is 3. The summed E-state index contributed by atoms with van der Waals surface area (Å²) in [6.07, 6.45) is 3.49. The molecular formula is C16H23N3O2. The molecule has 0 N–H and O–H groups in total. The SMILES string of the molecule is CC1(C(=O)N2CCN(c3ccccn3)CC2)CCOCC1. The van der Waals surface area contributed by atoms with Gasteiger partial charge in [-0.1, -0.05) is 13.0 Å². The van der Waals surface area contributed by atoms with Gasteiger partial charge in [0, 0.05) is 45.6 Å². The Morgan fingerprint density at radius 1 is 1.19 bits per heavy atom. The molecule has 0 aromatic carbocycles. The van der Waals surface area contributed by atoms with E-state index in [-0.39, 0.29) is 5.41 Å². The van der Waals surface area contributed by atoms with E-state index >= 15 is 0 Å². The second-order valence-corrected chi connectivity index (χ2v) is 6.14. The fourth-order valence-corrected chi connectivity index (χ4v) is 3.10.